The highest BCUT2D eigenvalue weighted by molar-refractivity contribution is 6.03. The number of esters is 1. The molecule has 27 heavy (non-hydrogen) atoms. The number of hydrogen-bond donors (Lipinski definition) is 1. The van der Waals surface area contributed by atoms with Gasteiger partial charge in [-0.15, -0.1) is 0 Å². The number of H-pyrrole nitrogens is 1. The highest BCUT2D eigenvalue weighted by Gasteiger charge is 2.19. The molecular weight excluding hydrogens is 347 g/mol. The van der Waals surface area contributed by atoms with E-state index in [9.17, 15) is 14.0 Å². The number of ether oxygens (including phenoxy) is 1. The molecule has 5 nitrogen and oxygen atoms in total. The fourth-order valence-electron chi connectivity index (χ4n) is 2.95. The fourth-order valence-corrected chi connectivity index (χ4v) is 2.95. The molecule has 1 heterocycles. The van der Waals surface area contributed by atoms with Crippen molar-refractivity contribution in [1.82, 2.24) is 10.2 Å². The molecule has 0 fully saturated rings. The van der Waals surface area contributed by atoms with E-state index in [1.165, 1.54) is 19.2 Å². The summed E-state index contributed by atoms with van der Waals surface area (Å²) in [5.41, 5.74) is 2.98. The first-order valence-corrected chi connectivity index (χ1v) is 8.49. The molecule has 3 aromatic rings. The quantitative estimate of drug-likeness (QED) is 0.519. The predicted molar refractivity (Wildman–Crippen MR) is 99.1 cm³/mol. The molecule has 2 aromatic carbocycles. The molecule has 0 bridgehead atoms. The van der Waals surface area contributed by atoms with Crippen molar-refractivity contribution >= 4 is 11.8 Å². The lowest BCUT2D eigenvalue weighted by atomic mass is 9.91. The molecule has 1 aromatic heterocycles. The Balaban J connectivity index is 1.86. The van der Waals surface area contributed by atoms with Crippen LogP contribution in [0.25, 0.3) is 11.1 Å². The van der Waals surface area contributed by atoms with Crippen LogP contribution in [0, 0.1) is 5.82 Å². The van der Waals surface area contributed by atoms with Crippen LogP contribution in [0.1, 0.15) is 45.5 Å². The number of aromatic amines is 1. The highest BCUT2D eigenvalue weighted by atomic mass is 19.1. The summed E-state index contributed by atoms with van der Waals surface area (Å²) in [6.07, 6.45) is 3.51. The van der Waals surface area contributed by atoms with Crippen molar-refractivity contribution in [2.75, 3.05) is 7.11 Å². The van der Waals surface area contributed by atoms with E-state index in [1.54, 1.807) is 42.7 Å². The number of rotatable bonds is 6. The monoisotopic (exact) mass is 366 g/mol. The summed E-state index contributed by atoms with van der Waals surface area (Å²) in [5, 5.41) is 6.59. The standard InChI is InChI=1S/C21H19FN2O3/c1-13(14-3-6-17(22)7-4-14)9-20(25)15-5-8-18(16-11-23-24-12-16)19(10-15)21(26)27-2/h3-8,10-13H,9H2,1-2H3,(H,23,24)/t13-/m0/s1. The van der Waals surface area contributed by atoms with Crippen molar-refractivity contribution in [3.05, 3.63) is 77.4 Å². The third-order valence-electron chi connectivity index (χ3n) is 4.49. The summed E-state index contributed by atoms with van der Waals surface area (Å²) in [6.45, 7) is 1.91. The second-order valence-corrected chi connectivity index (χ2v) is 6.32. The van der Waals surface area contributed by atoms with Crippen molar-refractivity contribution in [1.29, 1.82) is 0 Å². The lowest BCUT2D eigenvalue weighted by Gasteiger charge is -2.13. The molecule has 1 atom stereocenters. The second kappa shape index (κ2) is 7.95. The number of carbonyl (C=O) groups excluding carboxylic acids is 2. The summed E-state index contributed by atoms with van der Waals surface area (Å²) >= 11 is 0. The first-order chi connectivity index (χ1) is 13.0. The lowest BCUT2D eigenvalue weighted by molar-refractivity contribution is 0.0601. The van der Waals surface area contributed by atoms with Gasteiger partial charge in [0, 0.05) is 23.7 Å². The molecule has 0 amide bonds. The number of ketones is 1. The fraction of sp³-hybridized carbons (Fsp3) is 0.190. The van der Waals surface area contributed by atoms with Gasteiger partial charge in [0.05, 0.1) is 18.9 Å². The van der Waals surface area contributed by atoms with Crippen molar-refractivity contribution in [3.63, 3.8) is 0 Å². The first-order valence-electron chi connectivity index (χ1n) is 8.49. The van der Waals surface area contributed by atoms with Gasteiger partial charge in [0.2, 0.25) is 0 Å². The van der Waals surface area contributed by atoms with Crippen LogP contribution in [-0.4, -0.2) is 29.1 Å². The van der Waals surface area contributed by atoms with E-state index in [1.807, 2.05) is 6.92 Å². The van der Waals surface area contributed by atoms with Gasteiger partial charge >= 0.3 is 5.97 Å². The number of carbonyl (C=O) groups is 2. The molecule has 0 unspecified atom stereocenters. The molecule has 0 radical (unpaired) electrons. The van der Waals surface area contributed by atoms with Crippen LogP contribution >= 0.6 is 0 Å². The number of Topliss-reactive ketones (excluding diaryl/α,β-unsaturated/α-hetero) is 1. The average molecular weight is 366 g/mol. The molecule has 1 N–H and O–H groups in total. The van der Waals surface area contributed by atoms with E-state index in [-0.39, 0.29) is 23.9 Å². The Morgan fingerprint density at radius 3 is 2.56 bits per heavy atom. The Hall–Kier alpha value is -3.28. The molecule has 0 saturated heterocycles. The van der Waals surface area contributed by atoms with Gasteiger partial charge in [0.1, 0.15) is 5.82 Å². The van der Waals surface area contributed by atoms with Crippen LogP contribution in [0.2, 0.25) is 0 Å². The molecule has 0 aliphatic rings. The Bertz CT molecular complexity index is 950. The number of aromatic nitrogens is 2. The van der Waals surface area contributed by atoms with Crippen molar-refractivity contribution < 1.29 is 18.7 Å². The smallest absolute Gasteiger partial charge is 0.338 e. The largest absolute Gasteiger partial charge is 0.465 e. The average Bonchev–Trinajstić information content (AvgIpc) is 3.22. The number of halogens is 1. The first kappa shape index (κ1) is 18.5. The van der Waals surface area contributed by atoms with E-state index in [0.29, 0.717) is 16.7 Å². The third kappa shape index (κ3) is 4.11. The molecule has 0 aliphatic carbocycles. The number of nitrogens with zero attached hydrogens (tertiary/aromatic N) is 1. The Morgan fingerprint density at radius 2 is 1.93 bits per heavy atom. The maximum atomic E-state index is 13.1. The minimum absolute atomic E-state index is 0.0757. The summed E-state index contributed by atoms with van der Waals surface area (Å²) in [7, 11) is 1.30. The van der Waals surface area contributed by atoms with E-state index in [0.717, 1.165) is 11.1 Å². The predicted octanol–water partition coefficient (Wildman–Crippen LogP) is 4.38. The van der Waals surface area contributed by atoms with Gasteiger partial charge in [-0.3, -0.25) is 9.89 Å². The molecule has 0 saturated carbocycles. The zero-order chi connectivity index (χ0) is 19.4. The Kier molecular flexibility index (Phi) is 5.45. The molecule has 0 spiro atoms. The normalized spacial score (nSPS) is 11.8. The van der Waals surface area contributed by atoms with Crippen LogP contribution in [-0.2, 0) is 4.74 Å². The SMILES string of the molecule is COC(=O)c1cc(C(=O)C[C@H](C)c2ccc(F)cc2)ccc1-c1cn[nH]c1. The second-order valence-electron chi connectivity index (χ2n) is 6.32. The number of methoxy groups -OCH3 is 1. The molecule has 6 heteroatoms. The topological polar surface area (TPSA) is 72.1 Å². The van der Waals surface area contributed by atoms with Crippen molar-refractivity contribution in [3.8, 4) is 11.1 Å². The number of benzene rings is 2. The molecular formula is C21H19FN2O3. The molecule has 3 rings (SSSR count). The maximum Gasteiger partial charge on any atom is 0.338 e. The van der Waals surface area contributed by atoms with Crippen molar-refractivity contribution in [2.45, 2.75) is 19.3 Å². The van der Waals surface area contributed by atoms with Gasteiger partial charge in [-0.05, 0) is 35.2 Å². The number of nitrogens with one attached hydrogen (secondary N) is 1. The minimum atomic E-state index is -0.521. The van der Waals surface area contributed by atoms with Crippen LogP contribution < -0.4 is 0 Å². The maximum absolute atomic E-state index is 13.1. The van der Waals surface area contributed by atoms with E-state index < -0.39 is 5.97 Å². The highest BCUT2D eigenvalue weighted by Crippen LogP contribution is 2.27. The minimum Gasteiger partial charge on any atom is -0.465 e. The molecule has 138 valence electrons. The Morgan fingerprint density at radius 1 is 1.19 bits per heavy atom. The zero-order valence-electron chi connectivity index (χ0n) is 15.0. The van der Waals surface area contributed by atoms with Gasteiger partial charge in [-0.1, -0.05) is 31.2 Å². The van der Waals surface area contributed by atoms with Crippen molar-refractivity contribution in [2.24, 2.45) is 0 Å². The van der Waals surface area contributed by atoms with Gasteiger partial charge in [-0.2, -0.15) is 5.10 Å². The van der Waals surface area contributed by atoms with Crippen LogP contribution in [0.5, 0.6) is 0 Å². The van der Waals surface area contributed by atoms with Crippen LogP contribution in [0.3, 0.4) is 0 Å². The number of hydrogen-bond acceptors (Lipinski definition) is 4. The van der Waals surface area contributed by atoms with E-state index in [2.05, 4.69) is 10.2 Å². The Labute approximate surface area is 156 Å². The summed E-state index contributed by atoms with van der Waals surface area (Å²) in [4.78, 5) is 24.9. The summed E-state index contributed by atoms with van der Waals surface area (Å²) in [6, 6.07) is 11.1. The molecule has 0 aliphatic heterocycles. The van der Waals surface area contributed by atoms with Gasteiger partial charge in [0.15, 0.2) is 5.78 Å². The van der Waals surface area contributed by atoms with Gasteiger partial charge < -0.3 is 4.74 Å². The van der Waals surface area contributed by atoms with Gasteiger partial charge in [0.25, 0.3) is 0 Å². The third-order valence-corrected chi connectivity index (χ3v) is 4.49. The van der Waals surface area contributed by atoms with Crippen LogP contribution in [0.15, 0.2) is 54.9 Å². The van der Waals surface area contributed by atoms with Gasteiger partial charge in [-0.25, -0.2) is 9.18 Å². The lowest BCUT2D eigenvalue weighted by Crippen LogP contribution is -2.09. The summed E-state index contributed by atoms with van der Waals surface area (Å²) in [5.74, 6) is -1.01. The van der Waals surface area contributed by atoms with E-state index >= 15 is 0 Å². The van der Waals surface area contributed by atoms with Crippen LogP contribution in [0.4, 0.5) is 4.39 Å². The van der Waals surface area contributed by atoms with E-state index in [4.69, 9.17) is 4.74 Å². The zero-order valence-corrected chi connectivity index (χ0v) is 15.0. The summed E-state index contributed by atoms with van der Waals surface area (Å²) < 4.78 is 17.9.